The van der Waals surface area contributed by atoms with Gasteiger partial charge in [-0.3, -0.25) is 4.79 Å². The smallest absolute Gasteiger partial charge is 0.352 e. The summed E-state index contributed by atoms with van der Waals surface area (Å²) in [6.45, 7) is 0.219. The molecule has 0 unspecified atom stereocenters. The zero-order valence-corrected chi connectivity index (χ0v) is 14.0. The summed E-state index contributed by atoms with van der Waals surface area (Å²) in [6.07, 6.45) is -1.73. The van der Waals surface area contributed by atoms with Gasteiger partial charge in [0.1, 0.15) is 0 Å². The SMILES string of the molecule is O=C(/C=C/c1ccc(Cl)c(C(F)(F)F)c1)NC[C@@H]1CCS(=O)(=O)C1. The molecule has 1 aliphatic heterocycles. The van der Waals surface area contributed by atoms with Crippen molar-refractivity contribution in [3.8, 4) is 0 Å². The summed E-state index contributed by atoms with van der Waals surface area (Å²) in [4.78, 5) is 11.7. The molecule has 1 aromatic carbocycles. The Morgan fingerprint density at radius 2 is 2.08 bits per heavy atom. The lowest BCUT2D eigenvalue weighted by Crippen LogP contribution is -2.28. The highest BCUT2D eigenvalue weighted by atomic mass is 35.5. The number of nitrogens with one attached hydrogen (secondary N) is 1. The summed E-state index contributed by atoms with van der Waals surface area (Å²) in [5.41, 5.74) is -0.784. The lowest BCUT2D eigenvalue weighted by molar-refractivity contribution is -0.137. The van der Waals surface area contributed by atoms with Gasteiger partial charge in [-0.05, 0) is 36.1 Å². The third-order valence-electron chi connectivity index (χ3n) is 3.61. The number of hydrogen-bond donors (Lipinski definition) is 1. The number of sulfone groups is 1. The van der Waals surface area contributed by atoms with Crippen molar-refractivity contribution in [1.82, 2.24) is 5.32 Å². The van der Waals surface area contributed by atoms with Crippen LogP contribution in [0.4, 0.5) is 13.2 Å². The monoisotopic (exact) mass is 381 g/mol. The van der Waals surface area contributed by atoms with E-state index in [1.165, 1.54) is 12.1 Å². The Bertz CT molecular complexity index is 760. The van der Waals surface area contributed by atoms with Crippen molar-refractivity contribution in [2.45, 2.75) is 12.6 Å². The molecule has 0 aromatic heterocycles. The molecule has 0 saturated carbocycles. The fourth-order valence-corrected chi connectivity index (χ4v) is 4.46. The van der Waals surface area contributed by atoms with Gasteiger partial charge in [-0.15, -0.1) is 0 Å². The zero-order valence-electron chi connectivity index (χ0n) is 12.4. The topological polar surface area (TPSA) is 63.2 Å². The Hall–Kier alpha value is -1.54. The summed E-state index contributed by atoms with van der Waals surface area (Å²) in [5, 5.41) is 2.14. The van der Waals surface area contributed by atoms with Gasteiger partial charge in [0.05, 0.1) is 22.1 Å². The van der Waals surface area contributed by atoms with E-state index in [9.17, 15) is 26.4 Å². The van der Waals surface area contributed by atoms with Gasteiger partial charge in [0.25, 0.3) is 0 Å². The molecule has 1 fully saturated rings. The first kappa shape index (κ1) is 18.8. The molecule has 1 heterocycles. The molecule has 0 radical (unpaired) electrons. The molecule has 1 amide bonds. The van der Waals surface area contributed by atoms with Crippen LogP contribution in [-0.4, -0.2) is 32.4 Å². The zero-order chi connectivity index (χ0) is 18.0. The van der Waals surface area contributed by atoms with Gasteiger partial charge in [-0.1, -0.05) is 17.7 Å². The molecule has 1 N–H and O–H groups in total. The first-order valence-electron chi connectivity index (χ1n) is 7.10. The minimum absolute atomic E-state index is 0.0448. The van der Waals surface area contributed by atoms with Crippen LogP contribution >= 0.6 is 11.6 Å². The summed E-state index contributed by atoms with van der Waals surface area (Å²) < 4.78 is 60.9. The number of rotatable bonds is 4. The summed E-state index contributed by atoms with van der Waals surface area (Å²) in [6, 6.07) is 3.34. The molecule has 132 valence electrons. The van der Waals surface area contributed by atoms with E-state index in [0.29, 0.717) is 6.42 Å². The van der Waals surface area contributed by atoms with Crippen LogP contribution in [0.1, 0.15) is 17.5 Å². The van der Waals surface area contributed by atoms with Crippen molar-refractivity contribution in [2.75, 3.05) is 18.1 Å². The second-order valence-corrected chi connectivity index (χ2v) is 8.22. The highest BCUT2D eigenvalue weighted by Gasteiger charge is 2.33. The van der Waals surface area contributed by atoms with Gasteiger partial charge >= 0.3 is 6.18 Å². The molecular formula is C15H15ClF3NO3S. The maximum Gasteiger partial charge on any atom is 0.417 e. The maximum absolute atomic E-state index is 12.7. The molecule has 0 spiro atoms. The van der Waals surface area contributed by atoms with Gasteiger partial charge < -0.3 is 5.32 Å². The van der Waals surface area contributed by atoms with E-state index in [0.717, 1.165) is 18.2 Å². The summed E-state index contributed by atoms with van der Waals surface area (Å²) in [5.74, 6) is -0.458. The van der Waals surface area contributed by atoms with Crippen molar-refractivity contribution in [2.24, 2.45) is 5.92 Å². The van der Waals surface area contributed by atoms with E-state index in [4.69, 9.17) is 11.6 Å². The van der Waals surface area contributed by atoms with Gasteiger partial charge in [0.15, 0.2) is 9.84 Å². The number of carbonyl (C=O) groups excluding carboxylic acids is 1. The molecule has 1 aromatic rings. The van der Waals surface area contributed by atoms with E-state index in [2.05, 4.69) is 5.32 Å². The second kappa shape index (κ2) is 7.14. The highest BCUT2D eigenvalue weighted by Crippen LogP contribution is 2.35. The molecule has 1 saturated heterocycles. The van der Waals surface area contributed by atoms with Crippen LogP contribution in [-0.2, 0) is 20.8 Å². The molecule has 9 heteroatoms. The van der Waals surface area contributed by atoms with Gasteiger partial charge in [0, 0.05) is 12.6 Å². The van der Waals surface area contributed by atoms with Crippen LogP contribution in [0.5, 0.6) is 0 Å². The molecule has 1 aliphatic rings. The van der Waals surface area contributed by atoms with Crippen molar-refractivity contribution in [3.63, 3.8) is 0 Å². The van der Waals surface area contributed by atoms with E-state index >= 15 is 0 Å². The Morgan fingerprint density at radius 3 is 2.67 bits per heavy atom. The molecule has 24 heavy (non-hydrogen) atoms. The van der Waals surface area contributed by atoms with Crippen molar-refractivity contribution in [1.29, 1.82) is 0 Å². The molecule has 2 rings (SSSR count). The van der Waals surface area contributed by atoms with Crippen LogP contribution in [0.3, 0.4) is 0 Å². The highest BCUT2D eigenvalue weighted by molar-refractivity contribution is 7.91. The van der Waals surface area contributed by atoms with Crippen LogP contribution in [0, 0.1) is 5.92 Å². The third kappa shape index (κ3) is 5.24. The number of carbonyl (C=O) groups is 1. The van der Waals surface area contributed by atoms with Gasteiger partial charge in [0.2, 0.25) is 5.91 Å². The Kier molecular flexibility index (Phi) is 5.59. The minimum atomic E-state index is -4.57. The van der Waals surface area contributed by atoms with E-state index in [1.807, 2.05) is 0 Å². The van der Waals surface area contributed by atoms with E-state index < -0.39 is 32.5 Å². The van der Waals surface area contributed by atoms with Crippen LogP contribution in [0.25, 0.3) is 6.08 Å². The van der Waals surface area contributed by atoms with Crippen molar-refractivity contribution >= 4 is 33.4 Å². The first-order valence-corrected chi connectivity index (χ1v) is 9.30. The molecule has 0 aliphatic carbocycles. The fourth-order valence-electron chi connectivity index (χ4n) is 2.37. The van der Waals surface area contributed by atoms with Gasteiger partial charge in [-0.25, -0.2) is 8.42 Å². The molecule has 0 bridgehead atoms. The summed E-state index contributed by atoms with van der Waals surface area (Å²) in [7, 11) is -3.01. The second-order valence-electron chi connectivity index (χ2n) is 5.58. The Labute approximate surface area is 142 Å². The average molecular weight is 382 g/mol. The molecule has 1 atom stereocenters. The molecular weight excluding hydrogens is 367 g/mol. The van der Waals surface area contributed by atoms with E-state index in [1.54, 1.807) is 0 Å². The number of alkyl halides is 3. The standard InChI is InChI=1S/C15H15ClF3NO3S/c16-13-3-1-10(7-12(13)15(17,18)19)2-4-14(21)20-8-11-5-6-24(22,23)9-11/h1-4,7,11H,5-6,8-9H2,(H,20,21)/b4-2+/t11-/m0/s1. The fraction of sp³-hybridized carbons (Fsp3) is 0.400. The van der Waals surface area contributed by atoms with Crippen molar-refractivity contribution < 1.29 is 26.4 Å². The Morgan fingerprint density at radius 1 is 1.38 bits per heavy atom. The number of hydrogen-bond acceptors (Lipinski definition) is 3. The third-order valence-corrected chi connectivity index (χ3v) is 5.78. The molecule has 4 nitrogen and oxygen atoms in total. The van der Waals surface area contributed by atoms with Gasteiger partial charge in [-0.2, -0.15) is 13.2 Å². The van der Waals surface area contributed by atoms with Crippen LogP contribution < -0.4 is 5.32 Å². The predicted molar refractivity (Wildman–Crippen MR) is 85.3 cm³/mol. The average Bonchev–Trinajstić information content (AvgIpc) is 2.82. The van der Waals surface area contributed by atoms with Crippen LogP contribution in [0.15, 0.2) is 24.3 Å². The first-order chi connectivity index (χ1) is 11.1. The minimum Gasteiger partial charge on any atom is -0.352 e. The van der Waals surface area contributed by atoms with E-state index in [-0.39, 0.29) is 29.5 Å². The number of amides is 1. The summed E-state index contributed by atoms with van der Waals surface area (Å²) >= 11 is 5.52. The number of benzene rings is 1. The quantitative estimate of drug-likeness (QED) is 0.816. The lowest BCUT2D eigenvalue weighted by atomic mass is 10.1. The van der Waals surface area contributed by atoms with Crippen LogP contribution in [0.2, 0.25) is 5.02 Å². The Balaban J connectivity index is 1.94. The van der Waals surface area contributed by atoms with Crippen molar-refractivity contribution in [3.05, 3.63) is 40.4 Å². The largest absolute Gasteiger partial charge is 0.417 e. The number of halogens is 4. The lowest BCUT2D eigenvalue weighted by Gasteiger charge is -2.09. The predicted octanol–water partition coefficient (Wildman–Crippen LogP) is 2.92. The maximum atomic E-state index is 12.7. The normalized spacial score (nSPS) is 20.4.